The summed E-state index contributed by atoms with van der Waals surface area (Å²) in [7, 11) is 3.64. The maximum Gasteiger partial charge on any atom is 0.192 e. The number of ether oxygens (including phenoxy) is 1. The number of nitrogens with zero attached hydrogens (tertiary/aromatic N) is 4. The van der Waals surface area contributed by atoms with Crippen molar-refractivity contribution in [3.8, 4) is 0 Å². The van der Waals surface area contributed by atoms with E-state index in [9.17, 15) is 0 Å². The maximum absolute atomic E-state index is 5.11. The Kier molecular flexibility index (Phi) is 7.93. The van der Waals surface area contributed by atoms with Gasteiger partial charge in [0.2, 0.25) is 0 Å². The molecule has 1 aromatic heterocycles. The van der Waals surface area contributed by atoms with Crippen molar-refractivity contribution in [1.29, 1.82) is 0 Å². The minimum Gasteiger partial charge on any atom is -0.383 e. The lowest BCUT2D eigenvalue weighted by molar-refractivity contribution is 0.203. The Morgan fingerprint density at radius 1 is 1.27 bits per heavy atom. The predicted molar refractivity (Wildman–Crippen MR) is 107 cm³/mol. The van der Waals surface area contributed by atoms with E-state index in [0.29, 0.717) is 26.2 Å². The fourth-order valence-corrected chi connectivity index (χ4v) is 3.06. The first-order valence-corrected chi connectivity index (χ1v) is 9.77. The zero-order chi connectivity index (χ0) is 18.9. The Balaban J connectivity index is 2.07. The Bertz CT molecular complexity index is 743. The van der Waals surface area contributed by atoms with Crippen molar-refractivity contribution in [2.24, 2.45) is 12.0 Å². The van der Waals surface area contributed by atoms with E-state index in [1.165, 1.54) is 16.0 Å². The van der Waals surface area contributed by atoms with Crippen LogP contribution in [0.5, 0.6) is 0 Å². The van der Waals surface area contributed by atoms with Gasteiger partial charge >= 0.3 is 0 Å². The van der Waals surface area contributed by atoms with Gasteiger partial charge in [0.15, 0.2) is 11.8 Å². The van der Waals surface area contributed by atoms with Gasteiger partial charge in [-0.25, -0.2) is 4.99 Å². The normalized spacial score (nSPS) is 11.7. The van der Waals surface area contributed by atoms with Crippen LogP contribution in [0.1, 0.15) is 22.8 Å². The molecule has 7 nitrogen and oxygen atoms in total. The molecular weight excluding hydrogens is 348 g/mol. The van der Waals surface area contributed by atoms with E-state index in [-0.39, 0.29) is 0 Å². The van der Waals surface area contributed by atoms with Crippen LogP contribution in [0.3, 0.4) is 0 Å². The van der Waals surface area contributed by atoms with E-state index in [4.69, 9.17) is 9.73 Å². The summed E-state index contributed by atoms with van der Waals surface area (Å²) < 4.78 is 7.08. The van der Waals surface area contributed by atoms with Crippen molar-refractivity contribution in [3.63, 3.8) is 0 Å². The topological polar surface area (TPSA) is 76.4 Å². The van der Waals surface area contributed by atoms with Crippen LogP contribution in [0.25, 0.3) is 0 Å². The molecule has 142 valence electrons. The third kappa shape index (κ3) is 5.74. The van der Waals surface area contributed by atoms with Gasteiger partial charge in [0.1, 0.15) is 5.82 Å². The van der Waals surface area contributed by atoms with Gasteiger partial charge in [0.05, 0.1) is 19.7 Å². The van der Waals surface area contributed by atoms with E-state index in [2.05, 4.69) is 52.2 Å². The van der Waals surface area contributed by atoms with Crippen LogP contribution in [0, 0.1) is 13.8 Å². The van der Waals surface area contributed by atoms with E-state index in [1.807, 2.05) is 18.5 Å². The minimum absolute atomic E-state index is 0.555. The molecule has 8 heteroatoms. The maximum atomic E-state index is 5.11. The molecule has 0 aliphatic carbocycles. The van der Waals surface area contributed by atoms with Gasteiger partial charge in [-0.3, -0.25) is 0 Å². The molecule has 1 heterocycles. The molecule has 2 N–H and O–H groups in total. The first kappa shape index (κ1) is 20.3. The monoisotopic (exact) mass is 376 g/mol. The van der Waals surface area contributed by atoms with Crippen LogP contribution in [0.15, 0.2) is 28.1 Å². The van der Waals surface area contributed by atoms with E-state index >= 15 is 0 Å². The first-order valence-electron chi connectivity index (χ1n) is 8.54. The number of thioether (sulfide) groups is 1. The Morgan fingerprint density at radius 3 is 2.73 bits per heavy atom. The standard InChI is InChI=1S/C18H28N6OS/c1-13-6-7-15(16(10-13)26-5)11-20-18(19-8-9-25-4)21-12-17-23-22-14(2)24(17)3/h6-7,10H,8-9,11-12H2,1-5H3,(H2,19,20,21). The smallest absolute Gasteiger partial charge is 0.192 e. The lowest BCUT2D eigenvalue weighted by atomic mass is 10.1. The molecule has 26 heavy (non-hydrogen) atoms. The van der Waals surface area contributed by atoms with E-state index < -0.39 is 0 Å². The van der Waals surface area contributed by atoms with Crippen molar-refractivity contribution in [3.05, 3.63) is 41.0 Å². The Morgan fingerprint density at radius 2 is 2.08 bits per heavy atom. The highest BCUT2D eigenvalue weighted by atomic mass is 32.2. The van der Waals surface area contributed by atoms with Gasteiger partial charge in [-0.2, -0.15) is 0 Å². The second-order valence-corrected chi connectivity index (χ2v) is 6.82. The molecule has 1 aromatic carbocycles. The van der Waals surface area contributed by atoms with E-state index in [0.717, 1.165) is 17.6 Å². The third-order valence-corrected chi connectivity index (χ3v) is 4.87. The SMILES string of the molecule is COCCNC(=NCc1ccc(C)cc1SC)NCc1nnc(C)n1C. The second kappa shape index (κ2) is 10.2. The molecule has 0 fully saturated rings. The summed E-state index contributed by atoms with van der Waals surface area (Å²) >= 11 is 1.75. The highest BCUT2D eigenvalue weighted by Gasteiger charge is 2.07. The van der Waals surface area contributed by atoms with Crippen molar-refractivity contribution < 1.29 is 4.74 Å². The summed E-state index contributed by atoms with van der Waals surface area (Å²) in [6.07, 6.45) is 2.09. The van der Waals surface area contributed by atoms with Crippen LogP contribution in [0.2, 0.25) is 0 Å². The molecule has 0 aliphatic rings. The molecule has 0 saturated heterocycles. The molecule has 0 saturated carbocycles. The number of rotatable bonds is 8. The highest BCUT2D eigenvalue weighted by Crippen LogP contribution is 2.22. The highest BCUT2D eigenvalue weighted by molar-refractivity contribution is 7.98. The quantitative estimate of drug-likeness (QED) is 0.318. The summed E-state index contributed by atoms with van der Waals surface area (Å²) in [5.74, 6) is 2.48. The zero-order valence-corrected chi connectivity index (χ0v) is 17.0. The van der Waals surface area contributed by atoms with Gasteiger partial charge < -0.3 is 19.9 Å². The molecule has 0 amide bonds. The van der Waals surface area contributed by atoms with Gasteiger partial charge in [0.25, 0.3) is 0 Å². The molecule has 2 rings (SSSR count). The van der Waals surface area contributed by atoms with Gasteiger partial charge in [-0.1, -0.05) is 12.1 Å². The fourth-order valence-electron chi connectivity index (χ4n) is 2.36. The molecule has 0 aliphatic heterocycles. The summed E-state index contributed by atoms with van der Waals surface area (Å²) in [6, 6.07) is 6.46. The average Bonchev–Trinajstić information content (AvgIpc) is 2.96. The lowest BCUT2D eigenvalue weighted by Gasteiger charge is -2.13. The molecule has 0 spiro atoms. The van der Waals surface area contributed by atoms with Crippen LogP contribution in [0.4, 0.5) is 0 Å². The lowest BCUT2D eigenvalue weighted by Crippen LogP contribution is -2.39. The van der Waals surface area contributed by atoms with Crippen molar-refractivity contribution >= 4 is 17.7 Å². The molecule has 0 bridgehead atoms. The number of hydrogen-bond donors (Lipinski definition) is 2. The Hall–Kier alpha value is -2.06. The number of aryl methyl sites for hydroxylation is 2. The number of guanidine groups is 1. The van der Waals surface area contributed by atoms with Crippen molar-refractivity contribution in [2.75, 3.05) is 26.5 Å². The van der Waals surface area contributed by atoms with Crippen molar-refractivity contribution in [1.82, 2.24) is 25.4 Å². The molecule has 0 radical (unpaired) electrons. The van der Waals surface area contributed by atoms with Crippen LogP contribution in [-0.2, 0) is 24.9 Å². The molecular formula is C18H28N6OS. The Labute approximate surface area is 159 Å². The van der Waals surface area contributed by atoms with Gasteiger partial charge in [0, 0.05) is 25.6 Å². The summed E-state index contributed by atoms with van der Waals surface area (Å²) in [5, 5.41) is 14.9. The van der Waals surface area contributed by atoms with Gasteiger partial charge in [-0.15, -0.1) is 22.0 Å². The molecule has 0 unspecified atom stereocenters. The largest absolute Gasteiger partial charge is 0.383 e. The van der Waals surface area contributed by atoms with E-state index in [1.54, 1.807) is 18.9 Å². The van der Waals surface area contributed by atoms with Crippen molar-refractivity contribution in [2.45, 2.75) is 31.8 Å². The number of aliphatic imine (C=N–C) groups is 1. The number of aromatic nitrogens is 3. The third-order valence-electron chi connectivity index (χ3n) is 4.05. The average molecular weight is 377 g/mol. The fraction of sp³-hybridized carbons (Fsp3) is 0.500. The number of methoxy groups -OCH3 is 1. The van der Waals surface area contributed by atoms with Crippen LogP contribution >= 0.6 is 11.8 Å². The first-order chi connectivity index (χ1) is 12.5. The predicted octanol–water partition coefficient (Wildman–Crippen LogP) is 2.04. The second-order valence-electron chi connectivity index (χ2n) is 5.98. The molecule has 0 atom stereocenters. The van der Waals surface area contributed by atoms with Crippen LogP contribution in [-0.4, -0.2) is 47.2 Å². The number of benzene rings is 1. The molecule has 2 aromatic rings. The summed E-state index contributed by atoms with van der Waals surface area (Å²) in [6.45, 7) is 6.50. The number of nitrogens with one attached hydrogen (secondary N) is 2. The zero-order valence-electron chi connectivity index (χ0n) is 16.2. The van der Waals surface area contributed by atoms with Gasteiger partial charge in [-0.05, 0) is 37.3 Å². The van der Waals surface area contributed by atoms with Crippen LogP contribution < -0.4 is 10.6 Å². The summed E-state index contributed by atoms with van der Waals surface area (Å²) in [4.78, 5) is 5.98. The summed E-state index contributed by atoms with van der Waals surface area (Å²) in [5.41, 5.74) is 2.47. The minimum atomic E-state index is 0.555. The number of hydrogen-bond acceptors (Lipinski definition) is 5.